The second kappa shape index (κ2) is 10.7. The Morgan fingerprint density at radius 2 is 1.02 bits per heavy atom. The van der Waals surface area contributed by atoms with Gasteiger partial charge in [-0.2, -0.15) is 0 Å². The molecule has 0 aliphatic heterocycles. The molecule has 6 nitrogen and oxygen atoms in total. The number of aromatic nitrogens is 4. The Bertz CT molecular complexity index is 3140. The number of furan rings is 2. The molecule has 0 radical (unpaired) electrons. The van der Waals surface area contributed by atoms with E-state index >= 15 is 0 Å². The van der Waals surface area contributed by atoms with Crippen molar-refractivity contribution in [1.82, 2.24) is 19.5 Å². The van der Waals surface area contributed by atoms with E-state index in [4.69, 9.17) is 23.8 Å². The van der Waals surface area contributed by atoms with Crippen molar-refractivity contribution >= 4 is 65.7 Å². The van der Waals surface area contributed by atoms with Gasteiger partial charge in [0.1, 0.15) is 22.3 Å². The fraction of sp³-hybridized carbons (Fsp3) is 0. The molecule has 0 atom stereocenters. The topological polar surface area (TPSA) is 69.9 Å². The highest BCUT2D eigenvalue weighted by molar-refractivity contribution is 6.26. The summed E-state index contributed by atoms with van der Waals surface area (Å²) in [6.45, 7) is 0. The van der Waals surface area contributed by atoms with Crippen molar-refractivity contribution in [3.63, 3.8) is 0 Å². The number of rotatable bonds is 4. The van der Waals surface area contributed by atoms with Crippen molar-refractivity contribution in [3.05, 3.63) is 158 Å². The maximum atomic E-state index is 6.62. The standard InChI is InChI=1S/C45H26N4O2/c1-3-12-27(13-4-1)43-46-44(28-22-23-32-31-17-8-10-20-36(31)50-39(32)26-28)48-45(47-43)34-18-11-21-37-40(34)41-38(51-37)25-24-33-30-16-7-9-19-35(30)49(42(33)41)29-14-5-2-6-15-29/h1-26H. The molecule has 0 spiro atoms. The van der Waals surface area contributed by atoms with Crippen LogP contribution in [-0.4, -0.2) is 19.5 Å². The number of para-hydroxylation sites is 3. The molecule has 0 saturated heterocycles. The summed E-state index contributed by atoms with van der Waals surface area (Å²) in [6, 6.07) is 53.8. The zero-order chi connectivity index (χ0) is 33.5. The molecule has 7 aromatic carbocycles. The summed E-state index contributed by atoms with van der Waals surface area (Å²) in [6.07, 6.45) is 0. The molecule has 0 aliphatic carbocycles. The normalized spacial score (nSPS) is 11.9. The van der Waals surface area contributed by atoms with Crippen LogP contribution in [0.3, 0.4) is 0 Å². The fourth-order valence-corrected chi connectivity index (χ4v) is 7.60. The summed E-state index contributed by atoms with van der Waals surface area (Å²) < 4.78 is 15.2. The lowest BCUT2D eigenvalue weighted by Gasteiger charge is -2.10. The van der Waals surface area contributed by atoms with Gasteiger partial charge in [-0.3, -0.25) is 0 Å². The highest BCUT2D eigenvalue weighted by Gasteiger charge is 2.23. The van der Waals surface area contributed by atoms with Crippen LogP contribution >= 0.6 is 0 Å². The molecule has 0 N–H and O–H groups in total. The summed E-state index contributed by atoms with van der Waals surface area (Å²) in [5.74, 6) is 1.72. The van der Waals surface area contributed by atoms with E-state index in [0.29, 0.717) is 17.5 Å². The monoisotopic (exact) mass is 654 g/mol. The van der Waals surface area contributed by atoms with Crippen LogP contribution in [0.4, 0.5) is 0 Å². The molecular formula is C45H26N4O2. The molecule has 0 saturated carbocycles. The fourth-order valence-electron chi connectivity index (χ4n) is 7.60. The maximum absolute atomic E-state index is 6.62. The first kappa shape index (κ1) is 27.9. The van der Waals surface area contributed by atoms with Gasteiger partial charge in [0.2, 0.25) is 0 Å². The van der Waals surface area contributed by atoms with Crippen LogP contribution in [0.1, 0.15) is 0 Å². The van der Waals surface area contributed by atoms with Crippen molar-refractivity contribution < 1.29 is 8.83 Å². The smallest absolute Gasteiger partial charge is 0.164 e. The first-order valence-electron chi connectivity index (χ1n) is 16.9. The van der Waals surface area contributed by atoms with Crippen LogP contribution in [-0.2, 0) is 0 Å². The molecule has 4 heterocycles. The van der Waals surface area contributed by atoms with E-state index in [0.717, 1.165) is 82.7 Å². The zero-order valence-corrected chi connectivity index (χ0v) is 27.1. The van der Waals surface area contributed by atoms with Crippen molar-refractivity contribution in [2.45, 2.75) is 0 Å². The minimum atomic E-state index is 0.564. The summed E-state index contributed by atoms with van der Waals surface area (Å²) in [7, 11) is 0. The SMILES string of the molecule is c1ccc(-c2nc(-c3ccc4c(c3)oc3ccccc34)nc(-c3cccc4oc5ccc6c7ccccc7n(-c7ccccc7)c6c5c34)n2)cc1. The average Bonchev–Trinajstić information content (AvgIpc) is 3.87. The molecule has 238 valence electrons. The lowest BCUT2D eigenvalue weighted by molar-refractivity contribution is 0.669. The van der Waals surface area contributed by atoms with Gasteiger partial charge in [0.25, 0.3) is 0 Å². The van der Waals surface area contributed by atoms with E-state index in [1.54, 1.807) is 0 Å². The van der Waals surface area contributed by atoms with Gasteiger partial charge < -0.3 is 13.4 Å². The molecule has 0 fully saturated rings. The first-order valence-corrected chi connectivity index (χ1v) is 16.9. The van der Waals surface area contributed by atoms with Crippen molar-refractivity contribution in [1.29, 1.82) is 0 Å². The highest BCUT2D eigenvalue weighted by atomic mass is 16.3. The maximum Gasteiger partial charge on any atom is 0.164 e. The summed E-state index contributed by atoms with van der Waals surface area (Å²) in [4.78, 5) is 15.4. The van der Waals surface area contributed by atoms with Gasteiger partial charge in [-0.25, -0.2) is 15.0 Å². The van der Waals surface area contributed by atoms with E-state index in [2.05, 4.69) is 89.5 Å². The minimum Gasteiger partial charge on any atom is -0.456 e. The van der Waals surface area contributed by atoms with E-state index in [9.17, 15) is 0 Å². The third-order valence-corrected chi connectivity index (χ3v) is 9.85. The molecule has 0 bridgehead atoms. The van der Waals surface area contributed by atoms with E-state index in [1.807, 2.05) is 72.8 Å². The van der Waals surface area contributed by atoms with Gasteiger partial charge in [0.15, 0.2) is 17.5 Å². The average molecular weight is 655 g/mol. The van der Waals surface area contributed by atoms with Crippen LogP contribution in [0.25, 0.3) is 106 Å². The number of nitrogens with zero attached hydrogens (tertiary/aromatic N) is 4. The van der Waals surface area contributed by atoms with Gasteiger partial charge >= 0.3 is 0 Å². The predicted molar refractivity (Wildman–Crippen MR) is 205 cm³/mol. The summed E-state index contributed by atoms with van der Waals surface area (Å²) in [5, 5.41) is 6.45. The first-order chi connectivity index (χ1) is 25.3. The number of hydrogen-bond acceptors (Lipinski definition) is 5. The Morgan fingerprint density at radius 1 is 0.392 bits per heavy atom. The Morgan fingerprint density at radius 3 is 1.88 bits per heavy atom. The third kappa shape index (κ3) is 4.20. The second-order valence-corrected chi connectivity index (χ2v) is 12.8. The molecular weight excluding hydrogens is 629 g/mol. The summed E-state index contributed by atoms with van der Waals surface area (Å²) in [5.41, 5.74) is 9.13. The van der Waals surface area contributed by atoms with Gasteiger partial charge in [-0.15, -0.1) is 0 Å². The lowest BCUT2D eigenvalue weighted by Crippen LogP contribution is -2.00. The predicted octanol–water partition coefficient (Wildman–Crippen LogP) is 11.8. The Hall–Kier alpha value is -7.05. The second-order valence-electron chi connectivity index (χ2n) is 12.8. The third-order valence-electron chi connectivity index (χ3n) is 9.85. The Labute approximate surface area is 290 Å². The van der Waals surface area contributed by atoms with E-state index in [1.165, 1.54) is 5.39 Å². The zero-order valence-electron chi connectivity index (χ0n) is 27.1. The Kier molecular flexibility index (Phi) is 5.86. The van der Waals surface area contributed by atoms with E-state index < -0.39 is 0 Å². The molecule has 0 aliphatic rings. The largest absolute Gasteiger partial charge is 0.456 e. The Balaban J connectivity index is 1.22. The quantitative estimate of drug-likeness (QED) is 0.189. The van der Waals surface area contributed by atoms with Gasteiger partial charge in [-0.1, -0.05) is 103 Å². The molecule has 11 rings (SSSR count). The molecule has 4 aromatic heterocycles. The molecule has 0 unspecified atom stereocenters. The van der Waals surface area contributed by atoms with Gasteiger partial charge in [0.05, 0.1) is 16.4 Å². The van der Waals surface area contributed by atoms with Crippen LogP contribution in [0.15, 0.2) is 167 Å². The number of fused-ring (bicyclic) bond motifs is 10. The molecule has 0 amide bonds. The van der Waals surface area contributed by atoms with Gasteiger partial charge in [-0.05, 0) is 54.6 Å². The highest BCUT2D eigenvalue weighted by Crippen LogP contribution is 2.44. The molecule has 51 heavy (non-hydrogen) atoms. The van der Waals surface area contributed by atoms with Crippen LogP contribution < -0.4 is 0 Å². The van der Waals surface area contributed by atoms with Crippen molar-refractivity contribution in [2.75, 3.05) is 0 Å². The van der Waals surface area contributed by atoms with Crippen LogP contribution in [0.5, 0.6) is 0 Å². The van der Waals surface area contributed by atoms with Crippen LogP contribution in [0.2, 0.25) is 0 Å². The minimum absolute atomic E-state index is 0.564. The van der Waals surface area contributed by atoms with Crippen LogP contribution in [0, 0.1) is 0 Å². The summed E-state index contributed by atoms with van der Waals surface area (Å²) >= 11 is 0. The lowest BCUT2D eigenvalue weighted by atomic mass is 10.0. The number of hydrogen-bond donors (Lipinski definition) is 0. The molecule has 6 heteroatoms. The van der Waals surface area contributed by atoms with Crippen molar-refractivity contribution in [3.8, 4) is 39.9 Å². The molecule has 11 aromatic rings. The van der Waals surface area contributed by atoms with E-state index in [-0.39, 0.29) is 0 Å². The van der Waals surface area contributed by atoms with Gasteiger partial charge in [0, 0.05) is 49.3 Å². The van der Waals surface area contributed by atoms with Crippen molar-refractivity contribution in [2.24, 2.45) is 0 Å². The number of benzene rings is 7.